The Hall–Kier alpha value is -2.23. The van der Waals surface area contributed by atoms with Gasteiger partial charge in [-0.3, -0.25) is 0 Å². The predicted octanol–water partition coefficient (Wildman–Crippen LogP) is 2.82. The third-order valence-electron chi connectivity index (χ3n) is 4.42. The van der Waals surface area contributed by atoms with Gasteiger partial charge in [0.1, 0.15) is 18.5 Å². The van der Waals surface area contributed by atoms with E-state index in [9.17, 15) is 0 Å². The number of ether oxygens (including phenoxy) is 1. The van der Waals surface area contributed by atoms with Crippen LogP contribution >= 0.6 is 0 Å². The first-order valence-corrected chi connectivity index (χ1v) is 7.31. The highest BCUT2D eigenvalue weighted by Crippen LogP contribution is 2.36. The second-order valence-electron chi connectivity index (χ2n) is 5.93. The van der Waals surface area contributed by atoms with Gasteiger partial charge >= 0.3 is 0 Å². The lowest BCUT2D eigenvalue weighted by Gasteiger charge is -2.30. The van der Waals surface area contributed by atoms with E-state index in [4.69, 9.17) is 9.73 Å². The Labute approximate surface area is 123 Å². The fourth-order valence-corrected chi connectivity index (χ4v) is 3.33. The molecule has 1 aliphatic carbocycles. The number of fused-ring (bicyclic) bond motifs is 1. The molecule has 0 fully saturated rings. The van der Waals surface area contributed by atoms with Crippen molar-refractivity contribution in [3.8, 4) is 11.1 Å². The van der Waals surface area contributed by atoms with E-state index in [0.29, 0.717) is 0 Å². The molecule has 0 saturated carbocycles. The van der Waals surface area contributed by atoms with E-state index in [1.807, 2.05) is 19.3 Å². The first-order chi connectivity index (χ1) is 10.2. The van der Waals surface area contributed by atoms with Gasteiger partial charge in [0.25, 0.3) is 0 Å². The van der Waals surface area contributed by atoms with Crippen LogP contribution in [-0.2, 0) is 17.6 Å². The first kappa shape index (κ1) is 12.5. The minimum atomic E-state index is -0.0194. The molecular weight excluding hydrogens is 262 g/mol. The first-order valence-electron chi connectivity index (χ1n) is 7.31. The van der Waals surface area contributed by atoms with Crippen molar-refractivity contribution < 1.29 is 4.74 Å². The van der Waals surface area contributed by atoms with E-state index in [2.05, 4.69) is 28.2 Å². The summed E-state index contributed by atoms with van der Waals surface area (Å²) in [5, 5.41) is 0. The van der Waals surface area contributed by atoms with Crippen molar-refractivity contribution in [2.24, 2.45) is 4.99 Å². The summed E-state index contributed by atoms with van der Waals surface area (Å²) in [6, 6.07) is 6.65. The number of nitrogens with zero attached hydrogens (tertiary/aromatic N) is 3. The number of hydrogen-bond acceptors (Lipinski definition) is 4. The van der Waals surface area contributed by atoms with E-state index >= 15 is 0 Å². The third kappa shape index (κ3) is 2.20. The summed E-state index contributed by atoms with van der Waals surface area (Å²) in [7, 11) is 0. The number of aliphatic imine (C=N–C) groups is 1. The molecule has 1 aliphatic heterocycles. The quantitative estimate of drug-likeness (QED) is 0.806. The van der Waals surface area contributed by atoms with Crippen LogP contribution in [0.1, 0.15) is 24.5 Å². The summed E-state index contributed by atoms with van der Waals surface area (Å²) in [4.78, 5) is 12.9. The zero-order valence-corrected chi connectivity index (χ0v) is 12.0. The van der Waals surface area contributed by atoms with Crippen molar-refractivity contribution in [2.45, 2.75) is 31.7 Å². The summed E-state index contributed by atoms with van der Waals surface area (Å²) in [6.07, 6.45) is 8.37. The van der Waals surface area contributed by atoms with Gasteiger partial charge in [0.15, 0.2) is 5.90 Å². The Morgan fingerprint density at radius 1 is 1.10 bits per heavy atom. The van der Waals surface area contributed by atoms with Crippen LogP contribution in [0.4, 0.5) is 0 Å². The van der Waals surface area contributed by atoms with Crippen molar-refractivity contribution >= 4 is 5.90 Å². The molecule has 1 aromatic heterocycles. The molecule has 21 heavy (non-hydrogen) atoms. The molecular formula is C17H17N3O. The van der Waals surface area contributed by atoms with Crippen LogP contribution in [0.15, 0.2) is 41.9 Å². The van der Waals surface area contributed by atoms with E-state index in [1.54, 1.807) is 6.33 Å². The standard InChI is InChI=1S/C17H17N3O/c1-12-20-17(10-21-12)5-4-14-6-13(2-3-15(14)7-17)16-8-18-11-19-9-16/h2-3,6,8-9,11H,4-5,7,10H2,1H3. The summed E-state index contributed by atoms with van der Waals surface area (Å²) >= 11 is 0. The molecule has 0 N–H and O–H groups in total. The van der Waals surface area contributed by atoms with Gasteiger partial charge in [-0.1, -0.05) is 18.2 Å². The number of benzene rings is 1. The maximum absolute atomic E-state index is 5.59. The molecule has 0 radical (unpaired) electrons. The number of hydrogen-bond donors (Lipinski definition) is 0. The van der Waals surface area contributed by atoms with Gasteiger partial charge in [-0.2, -0.15) is 0 Å². The molecule has 1 spiro atoms. The average molecular weight is 279 g/mol. The molecule has 1 unspecified atom stereocenters. The smallest absolute Gasteiger partial charge is 0.180 e. The molecule has 4 nitrogen and oxygen atoms in total. The van der Waals surface area contributed by atoms with Gasteiger partial charge in [-0.25, -0.2) is 15.0 Å². The molecule has 106 valence electrons. The second-order valence-corrected chi connectivity index (χ2v) is 5.93. The van der Waals surface area contributed by atoms with Crippen molar-refractivity contribution in [1.82, 2.24) is 9.97 Å². The zero-order chi connectivity index (χ0) is 14.3. The number of rotatable bonds is 1. The molecule has 0 amide bonds. The maximum atomic E-state index is 5.59. The van der Waals surface area contributed by atoms with Crippen molar-refractivity contribution in [3.05, 3.63) is 48.0 Å². The lowest BCUT2D eigenvalue weighted by molar-refractivity contribution is 0.236. The minimum Gasteiger partial charge on any atom is -0.479 e. The van der Waals surface area contributed by atoms with Crippen molar-refractivity contribution in [2.75, 3.05) is 6.61 Å². The lowest BCUT2D eigenvalue weighted by Crippen LogP contribution is -2.35. The van der Waals surface area contributed by atoms with E-state index < -0.39 is 0 Å². The van der Waals surface area contributed by atoms with Crippen LogP contribution < -0.4 is 0 Å². The fourth-order valence-electron chi connectivity index (χ4n) is 3.33. The Kier molecular flexibility index (Phi) is 2.77. The highest BCUT2D eigenvalue weighted by atomic mass is 16.5. The highest BCUT2D eigenvalue weighted by molar-refractivity contribution is 5.75. The van der Waals surface area contributed by atoms with Gasteiger partial charge < -0.3 is 4.74 Å². The van der Waals surface area contributed by atoms with Gasteiger partial charge in [0, 0.05) is 31.3 Å². The largest absolute Gasteiger partial charge is 0.479 e. The van der Waals surface area contributed by atoms with Crippen LogP contribution in [-0.4, -0.2) is 28.0 Å². The second kappa shape index (κ2) is 4.65. The molecule has 2 heterocycles. The van der Waals surface area contributed by atoms with Crippen LogP contribution in [0, 0.1) is 0 Å². The number of aromatic nitrogens is 2. The summed E-state index contributed by atoms with van der Waals surface area (Å²) in [5.41, 5.74) is 5.05. The Bertz CT molecular complexity index is 711. The molecule has 0 bridgehead atoms. The molecule has 4 heteroatoms. The highest BCUT2D eigenvalue weighted by Gasteiger charge is 2.38. The Balaban J connectivity index is 1.67. The topological polar surface area (TPSA) is 47.4 Å². The monoisotopic (exact) mass is 279 g/mol. The Morgan fingerprint density at radius 2 is 1.95 bits per heavy atom. The van der Waals surface area contributed by atoms with Crippen LogP contribution in [0.25, 0.3) is 11.1 Å². The summed E-state index contributed by atoms with van der Waals surface area (Å²) in [5.74, 6) is 0.830. The van der Waals surface area contributed by atoms with E-state index in [-0.39, 0.29) is 5.54 Å². The molecule has 2 aromatic rings. The van der Waals surface area contributed by atoms with Crippen LogP contribution in [0.2, 0.25) is 0 Å². The summed E-state index contributed by atoms with van der Waals surface area (Å²) in [6.45, 7) is 2.68. The zero-order valence-electron chi connectivity index (χ0n) is 12.0. The average Bonchev–Trinajstić information content (AvgIpc) is 2.88. The van der Waals surface area contributed by atoms with Gasteiger partial charge in [0.05, 0.1) is 0 Å². The Morgan fingerprint density at radius 3 is 2.71 bits per heavy atom. The molecule has 0 saturated heterocycles. The normalized spacial score (nSPS) is 23.6. The van der Waals surface area contributed by atoms with E-state index in [1.165, 1.54) is 16.7 Å². The molecule has 1 aromatic carbocycles. The van der Waals surface area contributed by atoms with Crippen molar-refractivity contribution in [3.63, 3.8) is 0 Å². The lowest BCUT2D eigenvalue weighted by atomic mass is 9.78. The molecule has 2 aliphatic rings. The van der Waals surface area contributed by atoms with Gasteiger partial charge in [-0.15, -0.1) is 0 Å². The van der Waals surface area contributed by atoms with Gasteiger partial charge in [-0.05, 0) is 29.5 Å². The fraction of sp³-hybridized carbons (Fsp3) is 0.353. The molecule has 4 rings (SSSR count). The minimum absolute atomic E-state index is 0.0194. The summed E-state index contributed by atoms with van der Waals surface area (Å²) < 4.78 is 5.59. The van der Waals surface area contributed by atoms with Crippen LogP contribution in [0.3, 0.4) is 0 Å². The number of aryl methyl sites for hydroxylation is 1. The van der Waals surface area contributed by atoms with Crippen molar-refractivity contribution in [1.29, 1.82) is 0 Å². The predicted molar refractivity (Wildman–Crippen MR) is 81.3 cm³/mol. The van der Waals surface area contributed by atoms with E-state index in [0.717, 1.165) is 37.3 Å². The SMILES string of the molecule is CC1=NC2(CCc3cc(-c4cncnc4)ccc3C2)CO1. The third-order valence-corrected chi connectivity index (χ3v) is 4.42. The van der Waals surface area contributed by atoms with Crippen LogP contribution in [0.5, 0.6) is 0 Å². The maximum Gasteiger partial charge on any atom is 0.180 e. The molecule has 1 atom stereocenters. The van der Waals surface area contributed by atoms with Gasteiger partial charge in [0.2, 0.25) is 0 Å².